The van der Waals surface area contributed by atoms with Crippen molar-refractivity contribution >= 4 is 39.4 Å². The molecule has 0 aliphatic carbocycles. The average molecular weight is 512 g/mol. The van der Waals surface area contributed by atoms with E-state index < -0.39 is 0 Å². The van der Waals surface area contributed by atoms with Gasteiger partial charge in [0.1, 0.15) is 12.4 Å². The lowest BCUT2D eigenvalue weighted by Gasteiger charge is -2.21. The van der Waals surface area contributed by atoms with E-state index in [9.17, 15) is 9.59 Å². The number of para-hydroxylation sites is 2. The Labute approximate surface area is 203 Å². The first-order chi connectivity index (χ1) is 15.6. The van der Waals surface area contributed by atoms with Crippen LogP contribution in [-0.2, 0) is 10.2 Å². The summed E-state index contributed by atoms with van der Waals surface area (Å²) in [5.74, 6) is 0.274. The van der Waals surface area contributed by atoms with E-state index in [0.717, 1.165) is 21.4 Å². The predicted molar refractivity (Wildman–Crippen MR) is 136 cm³/mol. The summed E-state index contributed by atoms with van der Waals surface area (Å²) in [6, 6.07) is 16.8. The maximum Gasteiger partial charge on any atom is 0.322 e. The second-order valence-electron chi connectivity index (χ2n) is 8.84. The number of nitrogens with zero attached hydrogens (tertiary/aromatic N) is 3. The predicted octanol–water partition coefficient (Wildman–Crippen LogP) is 5.73. The van der Waals surface area contributed by atoms with E-state index in [1.54, 1.807) is 10.7 Å². The number of benzene rings is 2. The SMILES string of the molecule is CCN(CC(=O)Nc1cc(C(C)(C)C)nn1-c1ccccc1C)C(=O)Nc1ccccc1Br. The first-order valence-corrected chi connectivity index (χ1v) is 11.7. The molecule has 0 aliphatic heterocycles. The number of hydrogen-bond donors (Lipinski definition) is 2. The zero-order chi connectivity index (χ0) is 24.2. The molecule has 1 aromatic heterocycles. The minimum atomic E-state index is -0.345. The van der Waals surface area contributed by atoms with Crippen LogP contribution in [0.2, 0.25) is 0 Å². The molecule has 0 radical (unpaired) electrons. The van der Waals surface area contributed by atoms with E-state index in [1.165, 1.54) is 4.90 Å². The van der Waals surface area contributed by atoms with Gasteiger partial charge >= 0.3 is 6.03 Å². The van der Waals surface area contributed by atoms with Gasteiger partial charge in [-0.2, -0.15) is 5.10 Å². The van der Waals surface area contributed by atoms with Crippen molar-refractivity contribution < 1.29 is 9.59 Å². The van der Waals surface area contributed by atoms with Crippen molar-refractivity contribution in [3.05, 3.63) is 70.3 Å². The molecule has 0 fully saturated rings. The van der Waals surface area contributed by atoms with Gasteiger partial charge in [0.15, 0.2) is 0 Å². The van der Waals surface area contributed by atoms with Crippen LogP contribution in [0, 0.1) is 6.92 Å². The molecule has 0 saturated heterocycles. The zero-order valence-electron chi connectivity index (χ0n) is 19.6. The fourth-order valence-electron chi connectivity index (χ4n) is 3.26. The summed E-state index contributed by atoms with van der Waals surface area (Å²) in [6.45, 7) is 10.4. The number of halogens is 1. The highest BCUT2D eigenvalue weighted by molar-refractivity contribution is 9.10. The molecule has 3 amide bonds. The second kappa shape index (κ2) is 10.2. The fourth-order valence-corrected chi connectivity index (χ4v) is 3.65. The van der Waals surface area contributed by atoms with Crippen LogP contribution in [-0.4, -0.2) is 39.7 Å². The van der Waals surface area contributed by atoms with Crippen molar-refractivity contribution in [2.45, 2.75) is 40.0 Å². The number of rotatable bonds is 6. The van der Waals surface area contributed by atoms with Crippen LogP contribution < -0.4 is 10.6 Å². The molecule has 2 N–H and O–H groups in total. The van der Waals surface area contributed by atoms with Crippen molar-refractivity contribution in [2.24, 2.45) is 0 Å². The van der Waals surface area contributed by atoms with Gasteiger partial charge in [0.2, 0.25) is 5.91 Å². The van der Waals surface area contributed by atoms with Crippen molar-refractivity contribution in [3.63, 3.8) is 0 Å². The second-order valence-corrected chi connectivity index (χ2v) is 9.69. The third-order valence-corrected chi connectivity index (χ3v) is 5.90. The van der Waals surface area contributed by atoms with Gasteiger partial charge in [0.05, 0.1) is 17.1 Å². The van der Waals surface area contributed by atoms with Gasteiger partial charge in [-0.1, -0.05) is 51.1 Å². The summed E-state index contributed by atoms with van der Waals surface area (Å²) < 4.78 is 2.53. The van der Waals surface area contributed by atoms with Crippen LogP contribution in [0.5, 0.6) is 0 Å². The first kappa shape index (κ1) is 24.5. The Morgan fingerprint density at radius 2 is 1.73 bits per heavy atom. The quantitative estimate of drug-likeness (QED) is 0.443. The van der Waals surface area contributed by atoms with Crippen LogP contribution in [0.15, 0.2) is 59.1 Å². The molecule has 3 rings (SSSR count). The highest BCUT2D eigenvalue weighted by atomic mass is 79.9. The van der Waals surface area contributed by atoms with Crippen LogP contribution in [0.25, 0.3) is 5.69 Å². The molecule has 3 aromatic rings. The molecule has 1 heterocycles. The van der Waals surface area contributed by atoms with Gasteiger partial charge in [-0.25, -0.2) is 9.48 Å². The lowest BCUT2D eigenvalue weighted by atomic mass is 9.92. The molecule has 0 aliphatic rings. The van der Waals surface area contributed by atoms with Crippen molar-refractivity contribution in [1.29, 1.82) is 0 Å². The number of aryl methyl sites for hydroxylation is 1. The smallest absolute Gasteiger partial charge is 0.315 e. The Morgan fingerprint density at radius 1 is 1.06 bits per heavy atom. The number of hydrogen-bond acceptors (Lipinski definition) is 3. The number of anilines is 2. The molecule has 8 heteroatoms. The first-order valence-electron chi connectivity index (χ1n) is 10.9. The maximum atomic E-state index is 12.9. The summed E-state index contributed by atoms with van der Waals surface area (Å²) in [5.41, 5.74) is 3.25. The highest BCUT2D eigenvalue weighted by Gasteiger charge is 2.23. The monoisotopic (exact) mass is 511 g/mol. The topological polar surface area (TPSA) is 79.3 Å². The number of carbonyl (C=O) groups excluding carboxylic acids is 2. The van der Waals surface area contributed by atoms with Gasteiger partial charge < -0.3 is 15.5 Å². The fraction of sp³-hybridized carbons (Fsp3) is 0.320. The van der Waals surface area contributed by atoms with E-state index in [-0.39, 0.29) is 23.9 Å². The van der Waals surface area contributed by atoms with Gasteiger partial charge in [-0.3, -0.25) is 4.79 Å². The van der Waals surface area contributed by atoms with Crippen LogP contribution in [0.3, 0.4) is 0 Å². The maximum absolute atomic E-state index is 12.9. The molecule has 0 saturated carbocycles. The van der Waals surface area contributed by atoms with Crippen molar-refractivity contribution in [2.75, 3.05) is 23.7 Å². The number of aromatic nitrogens is 2. The number of nitrogens with one attached hydrogen (secondary N) is 2. The molecule has 33 heavy (non-hydrogen) atoms. The molecule has 7 nitrogen and oxygen atoms in total. The molecule has 0 bridgehead atoms. The largest absolute Gasteiger partial charge is 0.322 e. The average Bonchev–Trinajstić information content (AvgIpc) is 3.18. The van der Waals surface area contributed by atoms with Gasteiger partial charge in [0, 0.05) is 22.5 Å². The van der Waals surface area contributed by atoms with Crippen LogP contribution >= 0.6 is 15.9 Å². The lowest BCUT2D eigenvalue weighted by molar-refractivity contribution is -0.116. The number of likely N-dealkylation sites (N-methyl/N-ethyl adjacent to an activating group) is 1. The molecule has 0 atom stereocenters. The van der Waals surface area contributed by atoms with Gasteiger partial charge in [0.25, 0.3) is 0 Å². The summed E-state index contributed by atoms with van der Waals surface area (Å²) in [4.78, 5) is 27.2. The lowest BCUT2D eigenvalue weighted by Crippen LogP contribution is -2.40. The molecular formula is C25H30BrN5O2. The number of amides is 3. The Morgan fingerprint density at radius 3 is 2.36 bits per heavy atom. The van der Waals surface area contributed by atoms with Crippen LogP contribution in [0.1, 0.15) is 39.0 Å². The minimum Gasteiger partial charge on any atom is -0.315 e. The number of urea groups is 1. The van der Waals surface area contributed by atoms with E-state index in [1.807, 2.05) is 62.4 Å². The molecule has 2 aromatic carbocycles. The van der Waals surface area contributed by atoms with E-state index in [0.29, 0.717) is 18.1 Å². The Balaban J connectivity index is 1.80. The molecule has 0 spiro atoms. The van der Waals surface area contributed by atoms with Gasteiger partial charge in [-0.05, 0) is 53.5 Å². The van der Waals surface area contributed by atoms with E-state index >= 15 is 0 Å². The third-order valence-electron chi connectivity index (χ3n) is 5.21. The van der Waals surface area contributed by atoms with E-state index in [4.69, 9.17) is 5.10 Å². The summed E-state index contributed by atoms with van der Waals surface area (Å²) in [7, 11) is 0. The molecule has 174 valence electrons. The zero-order valence-corrected chi connectivity index (χ0v) is 21.2. The Bertz CT molecular complexity index is 1150. The van der Waals surface area contributed by atoms with Gasteiger partial charge in [-0.15, -0.1) is 0 Å². The normalized spacial score (nSPS) is 11.2. The molecular weight excluding hydrogens is 482 g/mol. The Hall–Kier alpha value is -3.13. The Kier molecular flexibility index (Phi) is 7.58. The summed E-state index contributed by atoms with van der Waals surface area (Å²) in [6.07, 6.45) is 0. The third kappa shape index (κ3) is 6.01. The minimum absolute atomic E-state index is 0.0867. The van der Waals surface area contributed by atoms with Crippen molar-refractivity contribution in [1.82, 2.24) is 14.7 Å². The van der Waals surface area contributed by atoms with Crippen LogP contribution in [0.4, 0.5) is 16.3 Å². The molecule has 0 unspecified atom stereocenters. The van der Waals surface area contributed by atoms with E-state index in [2.05, 4.69) is 47.3 Å². The van der Waals surface area contributed by atoms with Crippen molar-refractivity contribution in [3.8, 4) is 5.69 Å². The summed E-state index contributed by atoms with van der Waals surface area (Å²) >= 11 is 3.42. The highest BCUT2D eigenvalue weighted by Crippen LogP contribution is 2.27. The summed E-state index contributed by atoms with van der Waals surface area (Å²) in [5, 5.41) is 10.6. The standard InChI is InChI=1S/C25H30BrN5O2/c1-6-30(24(33)27-19-13-9-8-12-18(19)26)16-23(32)28-22-15-21(25(3,4)5)29-31(22)20-14-10-7-11-17(20)2/h7-15H,6,16H2,1-5H3,(H,27,33)(H,28,32). The number of carbonyl (C=O) groups is 2.